The highest BCUT2D eigenvalue weighted by Gasteiger charge is 2.18. The van der Waals surface area contributed by atoms with Crippen molar-refractivity contribution in [1.29, 1.82) is 0 Å². The van der Waals surface area contributed by atoms with E-state index in [9.17, 15) is 0 Å². The first-order chi connectivity index (χ1) is 10.3. The first-order valence-corrected chi connectivity index (χ1v) is 7.90. The van der Waals surface area contributed by atoms with Crippen LogP contribution >= 0.6 is 11.3 Å². The molecule has 0 atom stereocenters. The van der Waals surface area contributed by atoms with Crippen molar-refractivity contribution >= 4 is 27.4 Å². The zero-order chi connectivity index (χ0) is 14.2. The molecule has 0 bridgehead atoms. The molecule has 1 aliphatic rings. The summed E-state index contributed by atoms with van der Waals surface area (Å²) in [4.78, 5) is 12.3. The number of thiophene rings is 1. The van der Waals surface area contributed by atoms with Crippen LogP contribution in [0.15, 0.2) is 36.5 Å². The Labute approximate surface area is 127 Å². The zero-order valence-electron chi connectivity index (χ0n) is 11.6. The number of hydrogen-bond donors (Lipinski definition) is 1. The van der Waals surface area contributed by atoms with Crippen molar-refractivity contribution < 1.29 is 0 Å². The fourth-order valence-corrected chi connectivity index (χ4v) is 3.97. The fraction of sp³-hybridized carbons (Fsp3) is 0.250. The van der Waals surface area contributed by atoms with Crippen LogP contribution < -0.4 is 5.73 Å². The van der Waals surface area contributed by atoms with Crippen molar-refractivity contribution in [2.45, 2.75) is 19.5 Å². The number of benzene rings is 1. The van der Waals surface area contributed by atoms with Gasteiger partial charge in [-0.2, -0.15) is 0 Å². The number of aromatic nitrogens is 2. The van der Waals surface area contributed by atoms with Gasteiger partial charge in [0.15, 0.2) is 0 Å². The normalized spacial score (nSPS) is 15.2. The lowest BCUT2D eigenvalue weighted by Gasteiger charge is -2.27. The zero-order valence-corrected chi connectivity index (χ0v) is 12.4. The number of rotatable bonds is 2. The summed E-state index contributed by atoms with van der Waals surface area (Å²) in [5.41, 5.74) is 7.96. The standard InChI is InChI=1S/C16H16N4S/c17-16-18-8-12-9-20(6-5-14(12)19-16)10-13-7-11-3-1-2-4-15(11)21-13/h1-4,7-8H,5-6,9-10H2,(H2,17,18,19). The largest absolute Gasteiger partial charge is 0.368 e. The molecule has 4 rings (SSSR count). The maximum atomic E-state index is 5.65. The van der Waals surface area contributed by atoms with Crippen LogP contribution in [0.25, 0.3) is 10.1 Å². The van der Waals surface area contributed by atoms with Crippen molar-refractivity contribution in [3.8, 4) is 0 Å². The van der Waals surface area contributed by atoms with Crippen LogP contribution in [0.1, 0.15) is 16.1 Å². The number of nitrogen functional groups attached to an aromatic ring is 1. The van der Waals surface area contributed by atoms with Crippen molar-refractivity contribution in [3.05, 3.63) is 52.7 Å². The predicted octanol–water partition coefficient (Wildman–Crippen LogP) is 2.83. The average Bonchev–Trinajstić information content (AvgIpc) is 2.89. The van der Waals surface area contributed by atoms with Gasteiger partial charge in [-0.25, -0.2) is 9.97 Å². The van der Waals surface area contributed by atoms with Crippen LogP contribution in [0.5, 0.6) is 0 Å². The number of nitrogens with two attached hydrogens (primary N) is 1. The predicted molar refractivity (Wildman–Crippen MR) is 86.1 cm³/mol. The minimum absolute atomic E-state index is 0.381. The Morgan fingerprint density at radius 3 is 3.10 bits per heavy atom. The molecule has 3 aromatic rings. The van der Waals surface area contributed by atoms with E-state index in [1.807, 2.05) is 17.5 Å². The summed E-state index contributed by atoms with van der Waals surface area (Å²) in [5.74, 6) is 0.381. The topological polar surface area (TPSA) is 55.0 Å². The lowest BCUT2D eigenvalue weighted by Crippen LogP contribution is -2.30. The summed E-state index contributed by atoms with van der Waals surface area (Å²) in [7, 11) is 0. The van der Waals surface area contributed by atoms with Gasteiger partial charge in [0.2, 0.25) is 5.95 Å². The van der Waals surface area contributed by atoms with Crippen molar-refractivity contribution in [2.24, 2.45) is 0 Å². The molecule has 0 unspecified atom stereocenters. The van der Waals surface area contributed by atoms with Gasteiger partial charge in [0.05, 0.1) is 5.69 Å². The molecule has 106 valence electrons. The second kappa shape index (κ2) is 5.09. The summed E-state index contributed by atoms with van der Waals surface area (Å²) in [5, 5.41) is 1.34. The molecular weight excluding hydrogens is 280 g/mol. The summed E-state index contributed by atoms with van der Waals surface area (Å²) in [6, 6.07) is 10.9. The van der Waals surface area contributed by atoms with Gasteiger partial charge in [-0.15, -0.1) is 11.3 Å². The summed E-state index contributed by atoms with van der Waals surface area (Å²) < 4.78 is 1.36. The molecule has 2 N–H and O–H groups in total. The van der Waals surface area contributed by atoms with E-state index >= 15 is 0 Å². The molecule has 1 aromatic carbocycles. The Bertz CT molecular complexity index is 763. The third-order valence-electron chi connectivity index (χ3n) is 3.89. The summed E-state index contributed by atoms with van der Waals surface area (Å²) in [6.45, 7) is 2.92. The maximum Gasteiger partial charge on any atom is 0.220 e. The van der Waals surface area contributed by atoms with E-state index in [0.717, 1.165) is 31.7 Å². The lowest BCUT2D eigenvalue weighted by molar-refractivity contribution is 0.245. The molecule has 1 aliphatic heterocycles. The van der Waals surface area contributed by atoms with Gasteiger partial charge in [-0.1, -0.05) is 18.2 Å². The fourth-order valence-electron chi connectivity index (χ4n) is 2.86. The van der Waals surface area contributed by atoms with Crippen molar-refractivity contribution in [3.63, 3.8) is 0 Å². The van der Waals surface area contributed by atoms with Crippen LogP contribution in [0, 0.1) is 0 Å². The third kappa shape index (κ3) is 2.50. The van der Waals surface area contributed by atoms with Crippen molar-refractivity contribution in [1.82, 2.24) is 14.9 Å². The lowest BCUT2D eigenvalue weighted by atomic mass is 10.1. The third-order valence-corrected chi connectivity index (χ3v) is 4.99. The van der Waals surface area contributed by atoms with Gasteiger partial charge in [0.25, 0.3) is 0 Å². The summed E-state index contributed by atoms with van der Waals surface area (Å²) in [6.07, 6.45) is 2.82. The van der Waals surface area contributed by atoms with E-state index in [1.165, 1.54) is 20.5 Å². The van der Waals surface area contributed by atoms with Crippen molar-refractivity contribution in [2.75, 3.05) is 12.3 Å². The van der Waals surface area contributed by atoms with Crippen LogP contribution in [-0.2, 0) is 19.5 Å². The van der Waals surface area contributed by atoms with Gasteiger partial charge in [-0.05, 0) is 17.5 Å². The molecule has 0 spiro atoms. The van der Waals surface area contributed by atoms with E-state index in [0.29, 0.717) is 5.95 Å². The molecule has 0 radical (unpaired) electrons. The average molecular weight is 296 g/mol. The number of hydrogen-bond acceptors (Lipinski definition) is 5. The Balaban J connectivity index is 1.54. The van der Waals surface area contributed by atoms with Gasteiger partial charge in [0.1, 0.15) is 0 Å². The molecule has 3 heterocycles. The van der Waals surface area contributed by atoms with Gasteiger partial charge in [-0.3, -0.25) is 4.90 Å². The monoisotopic (exact) mass is 296 g/mol. The van der Waals surface area contributed by atoms with E-state index in [4.69, 9.17) is 5.73 Å². The van der Waals surface area contributed by atoms with Crippen LogP contribution in [0.4, 0.5) is 5.95 Å². The Hall–Kier alpha value is -1.98. The minimum atomic E-state index is 0.381. The molecular formula is C16H16N4S. The maximum absolute atomic E-state index is 5.65. The second-order valence-corrected chi connectivity index (χ2v) is 6.58. The number of nitrogens with zero attached hydrogens (tertiary/aromatic N) is 3. The molecule has 2 aromatic heterocycles. The molecule has 4 nitrogen and oxygen atoms in total. The number of fused-ring (bicyclic) bond motifs is 2. The van der Waals surface area contributed by atoms with Gasteiger partial charge in [0, 0.05) is 47.4 Å². The van der Waals surface area contributed by atoms with Crippen LogP contribution in [0.2, 0.25) is 0 Å². The molecule has 0 amide bonds. The Morgan fingerprint density at radius 1 is 1.29 bits per heavy atom. The second-order valence-electron chi connectivity index (χ2n) is 5.41. The Morgan fingerprint density at radius 2 is 2.19 bits per heavy atom. The van der Waals surface area contributed by atoms with Gasteiger partial charge >= 0.3 is 0 Å². The minimum Gasteiger partial charge on any atom is -0.368 e. The first-order valence-electron chi connectivity index (χ1n) is 7.08. The highest BCUT2D eigenvalue weighted by molar-refractivity contribution is 7.19. The summed E-state index contributed by atoms with van der Waals surface area (Å²) >= 11 is 1.88. The SMILES string of the molecule is Nc1ncc2c(n1)CCN(Cc1cc3ccccc3s1)C2. The van der Waals surface area contributed by atoms with Gasteiger partial charge < -0.3 is 5.73 Å². The Kier molecular flexibility index (Phi) is 3.09. The van der Waals surface area contributed by atoms with E-state index in [1.54, 1.807) is 0 Å². The molecule has 0 fully saturated rings. The van der Waals surface area contributed by atoms with Crippen LogP contribution in [-0.4, -0.2) is 21.4 Å². The molecule has 5 heteroatoms. The molecule has 21 heavy (non-hydrogen) atoms. The van der Waals surface area contributed by atoms with E-state index in [2.05, 4.69) is 45.2 Å². The quantitative estimate of drug-likeness (QED) is 0.790. The smallest absolute Gasteiger partial charge is 0.220 e. The molecule has 0 aliphatic carbocycles. The van der Waals surface area contributed by atoms with E-state index < -0.39 is 0 Å². The highest BCUT2D eigenvalue weighted by Crippen LogP contribution is 2.27. The highest BCUT2D eigenvalue weighted by atomic mass is 32.1. The first kappa shape index (κ1) is 12.7. The number of anilines is 1. The molecule has 0 saturated carbocycles. The molecule has 0 saturated heterocycles. The van der Waals surface area contributed by atoms with Crippen LogP contribution in [0.3, 0.4) is 0 Å². The van der Waals surface area contributed by atoms with E-state index in [-0.39, 0.29) is 0 Å².